The summed E-state index contributed by atoms with van der Waals surface area (Å²) in [5.74, 6) is 0. The van der Waals surface area contributed by atoms with Crippen molar-refractivity contribution in [1.29, 1.82) is 0 Å². The largest absolute Gasteiger partial charge is 0.366 e. The highest BCUT2D eigenvalue weighted by molar-refractivity contribution is 9.10. The Balaban J connectivity index is 2.16. The third-order valence-corrected chi connectivity index (χ3v) is 4.75. The van der Waals surface area contributed by atoms with Crippen LogP contribution in [0.1, 0.15) is 12.0 Å². The van der Waals surface area contributed by atoms with Crippen LogP contribution in [0, 0.1) is 6.92 Å². The molecule has 2 rings (SSSR count). The zero-order chi connectivity index (χ0) is 13.8. The fourth-order valence-corrected chi connectivity index (χ4v) is 3.04. The second-order valence-electron chi connectivity index (χ2n) is 5.44. The van der Waals surface area contributed by atoms with E-state index in [-0.39, 0.29) is 0 Å². The van der Waals surface area contributed by atoms with Crippen molar-refractivity contribution in [2.45, 2.75) is 19.4 Å². The first-order valence-corrected chi connectivity index (χ1v) is 7.77. The predicted molar refractivity (Wildman–Crippen MR) is 86.1 cm³/mol. The van der Waals surface area contributed by atoms with E-state index in [1.165, 1.54) is 22.1 Å². The zero-order valence-corrected chi connectivity index (χ0v) is 13.7. The van der Waals surface area contributed by atoms with Crippen LogP contribution in [0.15, 0.2) is 22.7 Å². The SMILES string of the molecule is CNCCC1CN(C)CCN1c1ccc(C)c(Br)c1. The average Bonchev–Trinajstić information content (AvgIpc) is 2.40. The molecule has 1 N–H and O–H groups in total. The van der Waals surface area contributed by atoms with E-state index in [2.05, 4.69) is 63.2 Å². The molecule has 0 spiro atoms. The van der Waals surface area contributed by atoms with Gasteiger partial charge in [-0.05, 0) is 51.7 Å². The summed E-state index contributed by atoms with van der Waals surface area (Å²) in [7, 11) is 4.24. The first-order chi connectivity index (χ1) is 9.11. The van der Waals surface area contributed by atoms with Crippen LogP contribution in [0.2, 0.25) is 0 Å². The minimum Gasteiger partial charge on any atom is -0.366 e. The second kappa shape index (κ2) is 6.73. The van der Waals surface area contributed by atoms with Gasteiger partial charge in [0.1, 0.15) is 0 Å². The van der Waals surface area contributed by atoms with Gasteiger partial charge in [-0.15, -0.1) is 0 Å². The fraction of sp³-hybridized carbons (Fsp3) is 0.600. The molecule has 0 aliphatic carbocycles. The number of halogens is 1. The van der Waals surface area contributed by atoms with Crippen molar-refractivity contribution in [3.05, 3.63) is 28.2 Å². The molecule has 106 valence electrons. The van der Waals surface area contributed by atoms with Gasteiger partial charge in [0.2, 0.25) is 0 Å². The molecule has 0 aromatic heterocycles. The lowest BCUT2D eigenvalue weighted by Crippen LogP contribution is -2.52. The van der Waals surface area contributed by atoms with Gasteiger partial charge < -0.3 is 15.1 Å². The van der Waals surface area contributed by atoms with E-state index in [4.69, 9.17) is 0 Å². The molecule has 1 fully saturated rings. The van der Waals surface area contributed by atoms with E-state index in [1.807, 2.05) is 7.05 Å². The van der Waals surface area contributed by atoms with Gasteiger partial charge in [-0.1, -0.05) is 22.0 Å². The van der Waals surface area contributed by atoms with E-state index < -0.39 is 0 Å². The van der Waals surface area contributed by atoms with Crippen LogP contribution >= 0.6 is 15.9 Å². The summed E-state index contributed by atoms with van der Waals surface area (Å²) >= 11 is 3.65. The van der Waals surface area contributed by atoms with Crippen LogP contribution in [-0.2, 0) is 0 Å². The molecule has 0 radical (unpaired) electrons. The van der Waals surface area contributed by atoms with Crippen LogP contribution in [0.4, 0.5) is 5.69 Å². The van der Waals surface area contributed by atoms with E-state index >= 15 is 0 Å². The van der Waals surface area contributed by atoms with Crippen LogP contribution < -0.4 is 10.2 Å². The quantitative estimate of drug-likeness (QED) is 0.917. The lowest BCUT2D eigenvalue weighted by molar-refractivity contribution is 0.260. The third-order valence-electron chi connectivity index (χ3n) is 3.90. The predicted octanol–water partition coefficient (Wildman–Crippen LogP) is 2.49. The first kappa shape index (κ1) is 14.8. The van der Waals surface area contributed by atoms with Crippen molar-refractivity contribution < 1.29 is 0 Å². The Morgan fingerprint density at radius 1 is 1.37 bits per heavy atom. The number of piperazine rings is 1. The molecular weight excluding hydrogens is 302 g/mol. The first-order valence-electron chi connectivity index (χ1n) is 6.97. The molecule has 0 bridgehead atoms. The van der Waals surface area contributed by atoms with Crippen LogP contribution in [0.3, 0.4) is 0 Å². The van der Waals surface area contributed by atoms with Gasteiger partial charge in [0.15, 0.2) is 0 Å². The summed E-state index contributed by atoms with van der Waals surface area (Å²) in [6, 6.07) is 7.30. The maximum absolute atomic E-state index is 3.65. The number of nitrogens with one attached hydrogen (secondary N) is 1. The Labute approximate surface area is 125 Å². The Hall–Kier alpha value is -0.580. The minimum absolute atomic E-state index is 0.598. The normalized spacial score (nSPS) is 20.8. The Morgan fingerprint density at radius 2 is 2.16 bits per heavy atom. The number of nitrogens with zero attached hydrogens (tertiary/aromatic N) is 2. The van der Waals surface area contributed by atoms with E-state index in [1.54, 1.807) is 0 Å². The number of benzene rings is 1. The second-order valence-corrected chi connectivity index (χ2v) is 6.29. The molecule has 1 aromatic carbocycles. The average molecular weight is 326 g/mol. The molecule has 1 atom stereocenters. The van der Waals surface area contributed by atoms with Crippen molar-refractivity contribution in [1.82, 2.24) is 10.2 Å². The molecule has 1 aromatic rings. The Bertz CT molecular complexity index is 422. The van der Waals surface area contributed by atoms with Gasteiger partial charge in [0.05, 0.1) is 0 Å². The van der Waals surface area contributed by atoms with Crippen molar-refractivity contribution in [3.8, 4) is 0 Å². The summed E-state index contributed by atoms with van der Waals surface area (Å²) < 4.78 is 1.20. The Kier molecular flexibility index (Phi) is 5.25. The zero-order valence-electron chi connectivity index (χ0n) is 12.1. The maximum Gasteiger partial charge on any atom is 0.0429 e. The number of rotatable bonds is 4. The third kappa shape index (κ3) is 3.71. The molecule has 3 nitrogen and oxygen atoms in total. The van der Waals surface area contributed by atoms with Crippen molar-refractivity contribution in [3.63, 3.8) is 0 Å². The highest BCUT2D eigenvalue weighted by Crippen LogP contribution is 2.27. The van der Waals surface area contributed by atoms with Gasteiger partial charge in [0.25, 0.3) is 0 Å². The number of anilines is 1. The topological polar surface area (TPSA) is 18.5 Å². The molecule has 4 heteroatoms. The van der Waals surface area contributed by atoms with Crippen molar-refractivity contribution >= 4 is 21.6 Å². The lowest BCUT2D eigenvalue weighted by Gasteiger charge is -2.42. The highest BCUT2D eigenvalue weighted by Gasteiger charge is 2.25. The smallest absolute Gasteiger partial charge is 0.0429 e. The van der Waals surface area contributed by atoms with Gasteiger partial charge in [0, 0.05) is 35.8 Å². The van der Waals surface area contributed by atoms with E-state index in [9.17, 15) is 0 Å². The van der Waals surface area contributed by atoms with E-state index in [0.29, 0.717) is 6.04 Å². The van der Waals surface area contributed by atoms with Crippen LogP contribution in [0.25, 0.3) is 0 Å². The summed E-state index contributed by atoms with van der Waals surface area (Å²) in [5, 5.41) is 3.27. The van der Waals surface area contributed by atoms with E-state index in [0.717, 1.165) is 26.2 Å². The molecule has 19 heavy (non-hydrogen) atoms. The molecule has 0 amide bonds. The molecule has 1 saturated heterocycles. The molecule has 1 unspecified atom stereocenters. The minimum atomic E-state index is 0.598. The van der Waals surface area contributed by atoms with Gasteiger partial charge in [-0.2, -0.15) is 0 Å². The number of hydrogen-bond donors (Lipinski definition) is 1. The van der Waals surface area contributed by atoms with Crippen molar-refractivity contribution in [2.24, 2.45) is 0 Å². The molecule has 1 aliphatic heterocycles. The lowest BCUT2D eigenvalue weighted by atomic mass is 10.1. The van der Waals surface area contributed by atoms with Gasteiger partial charge in [-0.25, -0.2) is 0 Å². The fourth-order valence-electron chi connectivity index (χ4n) is 2.67. The molecule has 1 heterocycles. The standard InChI is InChI=1S/C15H24BrN3/c1-12-4-5-13(10-15(12)16)19-9-8-18(3)11-14(19)6-7-17-2/h4-5,10,14,17H,6-9,11H2,1-3H3. The summed E-state index contributed by atoms with van der Waals surface area (Å²) in [6.07, 6.45) is 1.19. The van der Waals surface area contributed by atoms with Crippen molar-refractivity contribution in [2.75, 3.05) is 45.2 Å². The summed E-state index contributed by atoms with van der Waals surface area (Å²) in [6.45, 7) is 6.60. The summed E-state index contributed by atoms with van der Waals surface area (Å²) in [4.78, 5) is 4.99. The molecule has 1 aliphatic rings. The highest BCUT2D eigenvalue weighted by atomic mass is 79.9. The number of hydrogen-bond acceptors (Lipinski definition) is 3. The monoisotopic (exact) mass is 325 g/mol. The molecular formula is C15H24BrN3. The van der Waals surface area contributed by atoms with Crippen LogP contribution in [-0.4, -0.2) is 51.2 Å². The number of aryl methyl sites for hydroxylation is 1. The maximum atomic E-state index is 3.65. The van der Waals surface area contributed by atoms with Gasteiger partial charge in [-0.3, -0.25) is 0 Å². The Morgan fingerprint density at radius 3 is 2.84 bits per heavy atom. The summed E-state index contributed by atoms with van der Waals surface area (Å²) in [5.41, 5.74) is 2.64. The van der Waals surface area contributed by atoms with Gasteiger partial charge >= 0.3 is 0 Å². The number of likely N-dealkylation sites (N-methyl/N-ethyl adjacent to an activating group) is 1. The van der Waals surface area contributed by atoms with Crippen LogP contribution in [0.5, 0.6) is 0 Å². The molecule has 0 saturated carbocycles.